The maximum absolute atomic E-state index is 12.3. The van der Waals surface area contributed by atoms with Crippen molar-refractivity contribution < 1.29 is 19.1 Å². The van der Waals surface area contributed by atoms with Crippen LogP contribution in [0.2, 0.25) is 0 Å². The number of aryl methyl sites for hydroxylation is 1. The van der Waals surface area contributed by atoms with Crippen molar-refractivity contribution in [3.63, 3.8) is 0 Å². The first-order valence-corrected chi connectivity index (χ1v) is 10.1. The van der Waals surface area contributed by atoms with Crippen LogP contribution < -0.4 is 10.1 Å². The highest BCUT2D eigenvalue weighted by molar-refractivity contribution is 5.94. The summed E-state index contributed by atoms with van der Waals surface area (Å²) >= 11 is 0. The minimum absolute atomic E-state index is 0.0660. The quantitative estimate of drug-likeness (QED) is 0.714. The molecule has 1 fully saturated rings. The third-order valence-electron chi connectivity index (χ3n) is 5.00. The van der Waals surface area contributed by atoms with E-state index in [1.54, 1.807) is 43.8 Å². The highest BCUT2D eigenvalue weighted by Gasteiger charge is 2.23. The average molecular weight is 412 g/mol. The van der Waals surface area contributed by atoms with Gasteiger partial charge in [-0.05, 0) is 31.2 Å². The molecule has 8 nitrogen and oxygen atoms in total. The molecule has 1 aliphatic heterocycles. The van der Waals surface area contributed by atoms with Gasteiger partial charge < -0.3 is 19.7 Å². The van der Waals surface area contributed by atoms with Crippen molar-refractivity contribution in [2.75, 3.05) is 26.8 Å². The average Bonchev–Trinajstić information content (AvgIpc) is 2.78. The number of likely N-dealkylation sites (tertiary alicyclic amines) is 1. The number of aromatic nitrogens is 2. The fourth-order valence-electron chi connectivity index (χ4n) is 3.23. The monoisotopic (exact) mass is 412 g/mol. The van der Waals surface area contributed by atoms with Crippen molar-refractivity contribution in [2.45, 2.75) is 38.8 Å². The first-order valence-electron chi connectivity index (χ1n) is 10.1. The number of benzene rings is 1. The Morgan fingerprint density at radius 2 is 1.87 bits per heavy atom. The van der Waals surface area contributed by atoms with E-state index in [4.69, 9.17) is 9.47 Å². The minimum atomic E-state index is -0.174. The van der Waals surface area contributed by atoms with Gasteiger partial charge in [-0.1, -0.05) is 0 Å². The summed E-state index contributed by atoms with van der Waals surface area (Å²) in [6, 6.07) is 7.09. The lowest BCUT2D eigenvalue weighted by Gasteiger charge is -2.32. The predicted molar refractivity (Wildman–Crippen MR) is 111 cm³/mol. The second kappa shape index (κ2) is 10.7. The first kappa shape index (κ1) is 21.7. The SMILES string of the molecule is COCCC(=O)N1CCC(Oc2ccc(C(=O)NCc3cnc(C)cn3)cc2)CC1. The highest BCUT2D eigenvalue weighted by Crippen LogP contribution is 2.20. The van der Waals surface area contributed by atoms with E-state index in [0.29, 0.717) is 43.9 Å². The Balaban J connectivity index is 1.44. The minimum Gasteiger partial charge on any atom is -0.490 e. The van der Waals surface area contributed by atoms with Crippen molar-refractivity contribution in [1.29, 1.82) is 0 Å². The summed E-state index contributed by atoms with van der Waals surface area (Å²) in [7, 11) is 1.60. The van der Waals surface area contributed by atoms with Gasteiger partial charge in [0.05, 0.1) is 37.2 Å². The van der Waals surface area contributed by atoms with E-state index in [9.17, 15) is 9.59 Å². The molecule has 1 saturated heterocycles. The fraction of sp³-hybridized carbons (Fsp3) is 0.455. The molecule has 1 aliphatic rings. The molecule has 0 atom stereocenters. The normalized spacial score (nSPS) is 14.4. The number of hydrogen-bond acceptors (Lipinski definition) is 6. The lowest BCUT2D eigenvalue weighted by Crippen LogP contribution is -2.42. The summed E-state index contributed by atoms with van der Waals surface area (Å²) < 4.78 is 11.0. The second-order valence-corrected chi connectivity index (χ2v) is 7.30. The predicted octanol–water partition coefficient (Wildman–Crippen LogP) is 2.12. The van der Waals surface area contributed by atoms with Gasteiger partial charge in [0, 0.05) is 44.8 Å². The number of rotatable bonds is 8. The molecule has 30 heavy (non-hydrogen) atoms. The third-order valence-corrected chi connectivity index (χ3v) is 5.00. The second-order valence-electron chi connectivity index (χ2n) is 7.30. The Hall–Kier alpha value is -3.00. The lowest BCUT2D eigenvalue weighted by atomic mass is 10.1. The number of carbonyl (C=O) groups excluding carboxylic acids is 2. The van der Waals surface area contributed by atoms with E-state index in [1.807, 2.05) is 11.8 Å². The number of methoxy groups -OCH3 is 1. The van der Waals surface area contributed by atoms with Gasteiger partial charge in [-0.15, -0.1) is 0 Å². The van der Waals surface area contributed by atoms with Crippen molar-refractivity contribution >= 4 is 11.8 Å². The molecular formula is C22H28N4O4. The van der Waals surface area contributed by atoms with Crippen LogP contribution in [0.3, 0.4) is 0 Å². The van der Waals surface area contributed by atoms with Crippen LogP contribution >= 0.6 is 0 Å². The van der Waals surface area contributed by atoms with Crippen LogP contribution in [0.1, 0.15) is 41.0 Å². The summed E-state index contributed by atoms with van der Waals surface area (Å²) in [6.45, 7) is 4.02. The van der Waals surface area contributed by atoms with E-state index in [1.165, 1.54) is 0 Å². The Morgan fingerprint density at radius 1 is 1.13 bits per heavy atom. The van der Waals surface area contributed by atoms with E-state index in [2.05, 4.69) is 15.3 Å². The van der Waals surface area contributed by atoms with Crippen LogP contribution in [0.5, 0.6) is 5.75 Å². The molecule has 0 saturated carbocycles. The van der Waals surface area contributed by atoms with Gasteiger partial charge in [0.2, 0.25) is 5.91 Å². The number of carbonyl (C=O) groups is 2. The van der Waals surface area contributed by atoms with Crippen LogP contribution in [-0.2, 0) is 16.1 Å². The molecule has 3 rings (SSSR count). The maximum atomic E-state index is 12.3. The van der Waals surface area contributed by atoms with E-state index in [0.717, 1.165) is 24.3 Å². The molecule has 2 heterocycles. The number of hydrogen-bond donors (Lipinski definition) is 1. The number of piperidine rings is 1. The largest absolute Gasteiger partial charge is 0.490 e. The van der Waals surface area contributed by atoms with Gasteiger partial charge in [0.15, 0.2) is 0 Å². The van der Waals surface area contributed by atoms with Gasteiger partial charge in [-0.2, -0.15) is 0 Å². The molecule has 2 aromatic rings. The van der Waals surface area contributed by atoms with Crippen LogP contribution in [-0.4, -0.2) is 59.6 Å². The maximum Gasteiger partial charge on any atom is 0.251 e. The first-order chi connectivity index (χ1) is 14.5. The summed E-state index contributed by atoms with van der Waals surface area (Å²) in [5.41, 5.74) is 2.10. The number of nitrogens with one attached hydrogen (secondary N) is 1. The summed E-state index contributed by atoms with van der Waals surface area (Å²) in [5, 5.41) is 2.84. The lowest BCUT2D eigenvalue weighted by molar-refractivity contribution is -0.133. The Labute approximate surface area is 176 Å². The zero-order valence-corrected chi connectivity index (χ0v) is 17.5. The summed E-state index contributed by atoms with van der Waals surface area (Å²) in [4.78, 5) is 34.6. The molecule has 0 bridgehead atoms. The number of amides is 2. The Kier molecular flexibility index (Phi) is 7.73. The number of nitrogens with zero attached hydrogens (tertiary/aromatic N) is 3. The van der Waals surface area contributed by atoms with Crippen molar-refractivity contribution in [3.8, 4) is 5.75 Å². The molecule has 160 valence electrons. The smallest absolute Gasteiger partial charge is 0.251 e. The molecule has 1 N–H and O–H groups in total. The van der Waals surface area contributed by atoms with Gasteiger partial charge >= 0.3 is 0 Å². The van der Waals surface area contributed by atoms with Crippen LogP contribution in [0, 0.1) is 6.92 Å². The molecule has 8 heteroatoms. The van der Waals surface area contributed by atoms with Gasteiger partial charge in [0.1, 0.15) is 11.9 Å². The van der Waals surface area contributed by atoms with Gasteiger partial charge in [-0.3, -0.25) is 19.6 Å². The van der Waals surface area contributed by atoms with Crippen molar-refractivity contribution in [1.82, 2.24) is 20.2 Å². The summed E-state index contributed by atoms with van der Waals surface area (Å²) in [6.07, 6.45) is 5.40. The Morgan fingerprint density at radius 3 is 2.50 bits per heavy atom. The molecule has 0 spiro atoms. The third kappa shape index (κ3) is 6.25. The van der Waals surface area contributed by atoms with E-state index < -0.39 is 0 Å². The molecule has 0 radical (unpaired) electrons. The Bertz CT molecular complexity index is 831. The molecule has 0 unspecified atom stereocenters. The molecule has 0 aliphatic carbocycles. The van der Waals surface area contributed by atoms with Crippen LogP contribution in [0.25, 0.3) is 0 Å². The van der Waals surface area contributed by atoms with E-state index in [-0.39, 0.29) is 17.9 Å². The van der Waals surface area contributed by atoms with Crippen LogP contribution in [0.15, 0.2) is 36.7 Å². The zero-order chi connectivity index (χ0) is 21.3. The summed E-state index contributed by atoms with van der Waals surface area (Å²) in [5.74, 6) is 0.675. The molecular weight excluding hydrogens is 384 g/mol. The number of ether oxygens (including phenoxy) is 2. The molecule has 1 aromatic heterocycles. The van der Waals surface area contributed by atoms with E-state index >= 15 is 0 Å². The van der Waals surface area contributed by atoms with Crippen molar-refractivity contribution in [3.05, 3.63) is 53.6 Å². The zero-order valence-electron chi connectivity index (χ0n) is 17.5. The fourth-order valence-corrected chi connectivity index (χ4v) is 3.23. The van der Waals surface area contributed by atoms with Crippen molar-refractivity contribution in [2.24, 2.45) is 0 Å². The molecule has 1 aromatic carbocycles. The van der Waals surface area contributed by atoms with Gasteiger partial charge in [-0.25, -0.2) is 0 Å². The highest BCUT2D eigenvalue weighted by atomic mass is 16.5. The molecule has 2 amide bonds. The topological polar surface area (TPSA) is 93.6 Å². The van der Waals surface area contributed by atoms with Crippen LogP contribution in [0.4, 0.5) is 0 Å². The van der Waals surface area contributed by atoms with Gasteiger partial charge in [0.25, 0.3) is 5.91 Å². The standard InChI is InChI=1S/C22H28N4O4/c1-16-13-24-18(14-23-16)15-25-22(28)17-3-5-19(6-4-17)30-20-7-10-26(11-8-20)21(27)9-12-29-2/h3-6,13-14,20H,7-12,15H2,1-2H3,(H,25,28).